The minimum Gasteiger partial charge on any atom is -0.392 e. The van der Waals surface area contributed by atoms with Crippen molar-refractivity contribution in [2.24, 2.45) is 0 Å². The van der Waals surface area contributed by atoms with Crippen molar-refractivity contribution in [3.63, 3.8) is 0 Å². The molecule has 0 aliphatic rings. The summed E-state index contributed by atoms with van der Waals surface area (Å²) in [6, 6.07) is 3.40. The fourth-order valence-corrected chi connectivity index (χ4v) is 1.66. The van der Waals surface area contributed by atoms with Crippen LogP contribution in [0.3, 0.4) is 0 Å². The number of hydrogen-bond donors (Lipinski definition) is 1. The van der Waals surface area contributed by atoms with Crippen molar-refractivity contribution >= 4 is 45.8 Å². The number of benzene rings is 1. The van der Waals surface area contributed by atoms with Crippen molar-refractivity contribution in [2.45, 2.75) is 6.61 Å². The molecule has 0 radical (unpaired) electrons. The van der Waals surface area contributed by atoms with E-state index in [0.717, 1.165) is 3.57 Å². The average molecular weight is 303 g/mol. The Morgan fingerprint density at radius 3 is 2.45 bits per heavy atom. The van der Waals surface area contributed by atoms with Crippen molar-refractivity contribution in [3.8, 4) is 0 Å². The van der Waals surface area contributed by atoms with E-state index in [9.17, 15) is 0 Å². The van der Waals surface area contributed by atoms with Crippen molar-refractivity contribution < 1.29 is 5.11 Å². The molecule has 0 aromatic heterocycles. The summed E-state index contributed by atoms with van der Waals surface area (Å²) in [5, 5.41) is 9.93. The van der Waals surface area contributed by atoms with Gasteiger partial charge in [-0.15, -0.1) is 0 Å². The number of aliphatic hydroxyl groups is 1. The van der Waals surface area contributed by atoms with Crippen LogP contribution in [0.2, 0.25) is 10.0 Å². The Labute approximate surface area is 88.5 Å². The highest BCUT2D eigenvalue weighted by atomic mass is 127. The fourth-order valence-electron chi connectivity index (χ4n) is 0.685. The highest BCUT2D eigenvalue weighted by Gasteiger charge is 2.03. The zero-order chi connectivity index (χ0) is 8.43. The lowest BCUT2D eigenvalue weighted by atomic mass is 10.2. The van der Waals surface area contributed by atoms with E-state index in [0.29, 0.717) is 15.6 Å². The summed E-state index contributed by atoms with van der Waals surface area (Å²) in [4.78, 5) is 0. The van der Waals surface area contributed by atoms with Gasteiger partial charge in [0.2, 0.25) is 0 Å². The lowest BCUT2D eigenvalue weighted by Gasteiger charge is -2.02. The molecule has 1 aromatic rings. The van der Waals surface area contributed by atoms with E-state index in [4.69, 9.17) is 28.3 Å². The van der Waals surface area contributed by atoms with E-state index in [1.165, 1.54) is 0 Å². The number of rotatable bonds is 1. The lowest BCUT2D eigenvalue weighted by molar-refractivity contribution is 0.282. The average Bonchev–Trinajstić information content (AvgIpc) is 1.97. The molecule has 0 spiro atoms. The van der Waals surface area contributed by atoms with E-state index in [-0.39, 0.29) is 6.61 Å². The van der Waals surface area contributed by atoms with Crippen LogP contribution >= 0.6 is 45.8 Å². The molecule has 0 fully saturated rings. The molecular formula is C7H5Cl2IO. The summed E-state index contributed by atoms with van der Waals surface area (Å²) in [5.74, 6) is 0. The molecule has 1 N–H and O–H groups in total. The highest BCUT2D eigenvalue weighted by Crippen LogP contribution is 2.26. The van der Waals surface area contributed by atoms with Crippen LogP contribution in [0.25, 0.3) is 0 Å². The predicted molar refractivity (Wildman–Crippen MR) is 55.1 cm³/mol. The second kappa shape index (κ2) is 3.94. The van der Waals surface area contributed by atoms with Crippen LogP contribution in [0.4, 0.5) is 0 Å². The molecular weight excluding hydrogens is 298 g/mol. The van der Waals surface area contributed by atoms with Gasteiger partial charge in [0.1, 0.15) is 0 Å². The zero-order valence-corrected chi connectivity index (χ0v) is 9.11. The van der Waals surface area contributed by atoms with Crippen LogP contribution in [-0.4, -0.2) is 5.11 Å². The van der Waals surface area contributed by atoms with Gasteiger partial charge in [0.15, 0.2) is 0 Å². The van der Waals surface area contributed by atoms with Crippen LogP contribution in [-0.2, 0) is 6.61 Å². The molecule has 1 nitrogen and oxygen atoms in total. The summed E-state index contributed by atoms with van der Waals surface area (Å²) in [6.45, 7) is -0.0496. The normalized spacial score (nSPS) is 10.2. The molecule has 0 amide bonds. The smallest absolute Gasteiger partial charge is 0.0696 e. The maximum absolute atomic E-state index is 8.80. The molecule has 0 saturated carbocycles. The summed E-state index contributed by atoms with van der Waals surface area (Å²) in [6.07, 6.45) is 0. The summed E-state index contributed by atoms with van der Waals surface area (Å²) < 4.78 is 0.901. The van der Waals surface area contributed by atoms with Gasteiger partial charge in [0.05, 0.1) is 11.6 Å². The van der Waals surface area contributed by atoms with Gasteiger partial charge in [0, 0.05) is 8.59 Å². The molecule has 0 heterocycles. The zero-order valence-electron chi connectivity index (χ0n) is 5.44. The minimum absolute atomic E-state index is 0.0496. The highest BCUT2D eigenvalue weighted by molar-refractivity contribution is 14.1. The van der Waals surface area contributed by atoms with Crippen LogP contribution in [0.1, 0.15) is 5.56 Å². The number of hydrogen-bond acceptors (Lipinski definition) is 1. The van der Waals surface area contributed by atoms with Gasteiger partial charge in [-0.1, -0.05) is 23.2 Å². The molecule has 0 atom stereocenters. The second-order valence-electron chi connectivity index (χ2n) is 2.02. The van der Waals surface area contributed by atoms with Gasteiger partial charge in [0.25, 0.3) is 0 Å². The van der Waals surface area contributed by atoms with Crippen LogP contribution in [0.5, 0.6) is 0 Å². The molecule has 4 heteroatoms. The Morgan fingerprint density at radius 2 is 1.91 bits per heavy atom. The van der Waals surface area contributed by atoms with Gasteiger partial charge in [-0.3, -0.25) is 0 Å². The number of halogens is 3. The van der Waals surface area contributed by atoms with Gasteiger partial charge < -0.3 is 5.11 Å². The summed E-state index contributed by atoms with van der Waals surface area (Å²) in [7, 11) is 0. The van der Waals surface area contributed by atoms with Crippen LogP contribution < -0.4 is 0 Å². The molecule has 60 valence electrons. The van der Waals surface area contributed by atoms with Crippen molar-refractivity contribution in [1.29, 1.82) is 0 Å². The largest absolute Gasteiger partial charge is 0.392 e. The Kier molecular flexibility index (Phi) is 3.43. The van der Waals surface area contributed by atoms with E-state index < -0.39 is 0 Å². The molecule has 0 bridgehead atoms. The van der Waals surface area contributed by atoms with Gasteiger partial charge in [-0.05, 0) is 40.3 Å². The second-order valence-corrected chi connectivity index (χ2v) is 3.99. The molecule has 0 saturated heterocycles. The molecule has 0 aliphatic carbocycles. The first kappa shape index (κ1) is 9.58. The number of aliphatic hydroxyl groups excluding tert-OH is 1. The lowest BCUT2D eigenvalue weighted by Crippen LogP contribution is -1.86. The third-order valence-electron chi connectivity index (χ3n) is 1.26. The maximum atomic E-state index is 8.80. The molecule has 0 unspecified atom stereocenters. The molecule has 11 heavy (non-hydrogen) atoms. The summed E-state index contributed by atoms with van der Waals surface area (Å²) in [5.41, 5.74) is 0.709. The summed E-state index contributed by atoms with van der Waals surface area (Å²) >= 11 is 13.6. The molecule has 1 rings (SSSR count). The van der Waals surface area contributed by atoms with E-state index in [1.54, 1.807) is 12.1 Å². The Bertz CT molecular complexity index is 275. The van der Waals surface area contributed by atoms with Crippen LogP contribution in [0, 0.1) is 3.57 Å². The fraction of sp³-hybridized carbons (Fsp3) is 0.143. The van der Waals surface area contributed by atoms with Gasteiger partial charge >= 0.3 is 0 Å². The Hall–Kier alpha value is 0.490. The quantitative estimate of drug-likeness (QED) is 0.624. The predicted octanol–water partition coefficient (Wildman–Crippen LogP) is 3.09. The Morgan fingerprint density at radius 1 is 1.27 bits per heavy atom. The third kappa shape index (κ3) is 2.21. The van der Waals surface area contributed by atoms with Crippen molar-refractivity contribution in [3.05, 3.63) is 31.3 Å². The standard InChI is InChI=1S/C7H5Cl2IO/c8-5-2-6(9)7(10)1-4(5)3-11/h1-2,11H,3H2. The van der Waals surface area contributed by atoms with E-state index in [1.807, 2.05) is 0 Å². The Balaban J connectivity index is 3.21. The van der Waals surface area contributed by atoms with Crippen LogP contribution in [0.15, 0.2) is 12.1 Å². The van der Waals surface area contributed by atoms with E-state index in [2.05, 4.69) is 22.6 Å². The van der Waals surface area contributed by atoms with Crippen molar-refractivity contribution in [2.75, 3.05) is 0 Å². The third-order valence-corrected chi connectivity index (χ3v) is 3.14. The molecule has 0 aliphatic heterocycles. The van der Waals surface area contributed by atoms with Crippen molar-refractivity contribution in [1.82, 2.24) is 0 Å². The first-order valence-electron chi connectivity index (χ1n) is 2.89. The van der Waals surface area contributed by atoms with E-state index >= 15 is 0 Å². The monoisotopic (exact) mass is 302 g/mol. The first-order chi connectivity index (χ1) is 5.15. The topological polar surface area (TPSA) is 20.2 Å². The first-order valence-corrected chi connectivity index (χ1v) is 4.73. The minimum atomic E-state index is -0.0496. The SMILES string of the molecule is OCc1cc(I)c(Cl)cc1Cl. The maximum Gasteiger partial charge on any atom is 0.0696 e. The van der Waals surface area contributed by atoms with Gasteiger partial charge in [-0.25, -0.2) is 0 Å². The molecule has 1 aromatic carbocycles. The van der Waals surface area contributed by atoms with Gasteiger partial charge in [-0.2, -0.15) is 0 Å².